The van der Waals surface area contributed by atoms with Gasteiger partial charge in [0.2, 0.25) is 10.0 Å². The van der Waals surface area contributed by atoms with Crippen LogP contribution >= 0.6 is 0 Å². The summed E-state index contributed by atoms with van der Waals surface area (Å²) in [7, 11) is 0.910. The maximum absolute atomic E-state index is 11.9. The second kappa shape index (κ2) is 7.47. The normalized spacial score (nSPS) is 12.6. The Hall–Kier alpha value is -1.37. The highest BCUT2D eigenvalue weighted by Gasteiger charge is 2.12. The molecule has 0 saturated carbocycles. The summed E-state index contributed by atoms with van der Waals surface area (Å²) in [5.74, 6) is 0.119. The Bertz CT molecular complexity index is 748. The molecule has 1 aromatic carbocycles. The molecule has 0 unspecified atom stereocenters. The summed E-state index contributed by atoms with van der Waals surface area (Å²) in [5.41, 5.74) is 3.43. The number of nitrogens with zero attached hydrogens (tertiary/aromatic N) is 1. The van der Waals surface area contributed by atoms with Gasteiger partial charge < -0.3 is 9.88 Å². The van der Waals surface area contributed by atoms with Crippen LogP contribution < -0.4 is 4.72 Å². The molecule has 2 aromatic rings. The number of rotatable bonds is 8. The third kappa shape index (κ3) is 5.34. The molecule has 1 heterocycles. The van der Waals surface area contributed by atoms with E-state index in [-0.39, 0.29) is 11.8 Å². The molecule has 0 amide bonds. The fourth-order valence-electron chi connectivity index (χ4n) is 2.60. The van der Waals surface area contributed by atoms with Gasteiger partial charge in [0.05, 0.1) is 5.75 Å². The van der Waals surface area contributed by atoms with Gasteiger partial charge >= 0.3 is 0 Å². The Morgan fingerprint density at radius 2 is 1.96 bits per heavy atom. The van der Waals surface area contributed by atoms with Crippen LogP contribution in [0, 0.1) is 0 Å². The molecule has 0 aliphatic heterocycles. The highest BCUT2D eigenvalue weighted by atomic mass is 32.2. The van der Waals surface area contributed by atoms with Crippen molar-refractivity contribution in [2.45, 2.75) is 32.7 Å². The maximum Gasteiger partial charge on any atom is 0.212 e. The molecule has 128 valence electrons. The summed E-state index contributed by atoms with van der Waals surface area (Å²) in [6.45, 7) is 4.66. The molecular weight excluding hydrogens is 310 g/mol. The molecule has 6 heteroatoms. The molecule has 0 spiro atoms. The first kappa shape index (κ1) is 18.0. The summed E-state index contributed by atoms with van der Waals surface area (Å²) < 4.78 is 26.5. The van der Waals surface area contributed by atoms with E-state index in [0.717, 1.165) is 24.0 Å². The third-order valence-corrected chi connectivity index (χ3v) is 5.31. The molecule has 0 aliphatic carbocycles. The molecule has 0 bridgehead atoms. The number of aryl methyl sites for hydroxylation is 1. The number of nitrogens with one attached hydrogen (secondary N) is 2. The number of benzene rings is 1. The van der Waals surface area contributed by atoms with E-state index in [1.807, 2.05) is 26.0 Å². The van der Waals surface area contributed by atoms with E-state index in [4.69, 9.17) is 0 Å². The molecule has 0 radical (unpaired) electrons. The van der Waals surface area contributed by atoms with Gasteiger partial charge in [-0.2, -0.15) is 0 Å². The summed E-state index contributed by atoms with van der Waals surface area (Å²) in [5, 5.41) is 1.19. The van der Waals surface area contributed by atoms with Gasteiger partial charge in [-0.3, -0.25) is 0 Å². The molecular formula is C17H27N3O2S. The van der Waals surface area contributed by atoms with Gasteiger partial charge in [0, 0.05) is 29.7 Å². The predicted octanol–water partition coefficient (Wildman–Crippen LogP) is 2.14. The minimum absolute atomic E-state index is 0.0650. The van der Waals surface area contributed by atoms with Crippen molar-refractivity contribution >= 4 is 20.9 Å². The van der Waals surface area contributed by atoms with Crippen LogP contribution in [0.5, 0.6) is 0 Å². The zero-order chi connectivity index (χ0) is 17.0. The van der Waals surface area contributed by atoms with Crippen LogP contribution in [-0.4, -0.2) is 50.7 Å². The van der Waals surface area contributed by atoms with Crippen LogP contribution in [0.4, 0.5) is 0 Å². The summed E-state index contributed by atoms with van der Waals surface area (Å²) >= 11 is 0. The Balaban J connectivity index is 2.11. The standard InChI is InChI=1S/C17H27N3O2S/c1-13(2)19-23(21,22)10-8-14-5-6-17-16(11-14)15(12-18-17)7-9-20(3)4/h5-6,11-13,18-19H,7-10H2,1-4H3. The van der Waals surface area contributed by atoms with Crippen LogP contribution in [0.2, 0.25) is 0 Å². The van der Waals surface area contributed by atoms with Gasteiger partial charge in [-0.1, -0.05) is 6.07 Å². The molecule has 5 nitrogen and oxygen atoms in total. The summed E-state index contributed by atoms with van der Waals surface area (Å²) in [4.78, 5) is 5.45. The molecule has 2 rings (SSSR count). The lowest BCUT2D eigenvalue weighted by Gasteiger charge is -2.10. The first-order chi connectivity index (χ1) is 10.8. The van der Waals surface area contributed by atoms with E-state index >= 15 is 0 Å². The van der Waals surface area contributed by atoms with Crippen molar-refractivity contribution in [2.75, 3.05) is 26.4 Å². The number of aromatic amines is 1. The maximum atomic E-state index is 11.9. The van der Waals surface area contributed by atoms with Gasteiger partial charge in [0.25, 0.3) is 0 Å². The number of sulfonamides is 1. The van der Waals surface area contributed by atoms with E-state index in [1.54, 1.807) is 0 Å². The zero-order valence-electron chi connectivity index (χ0n) is 14.4. The Kier molecular flexibility index (Phi) is 5.84. The zero-order valence-corrected chi connectivity index (χ0v) is 15.2. The monoisotopic (exact) mass is 337 g/mol. The Labute approximate surface area is 139 Å². The van der Waals surface area contributed by atoms with Gasteiger partial charge in [-0.05, 0) is 64.0 Å². The van der Waals surface area contributed by atoms with Crippen molar-refractivity contribution in [2.24, 2.45) is 0 Å². The third-order valence-electron chi connectivity index (χ3n) is 3.73. The molecule has 2 N–H and O–H groups in total. The fraction of sp³-hybridized carbons (Fsp3) is 0.529. The van der Waals surface area contributed by atoms with Gasteiger partial charge in [-0.15, -0.1) is 0 Å². The number of fused-ring (bicyclic) bond motifs is 1. The summed E-state index contributed by atoms with van der Waals surface area (Å²) in [6.07, 6.45) is 3.55. The van der Waals surface area contributed by atoms with Crippen molar-refractivity contribution in [3.8, 4) is 0 Å². The lowest BCUT2D eigenvalue weighted by atomic mass is 10.1. The molecule has 0 saturated heterocycles. The van der Waals surface area contributed by atoms with Gasteiger partial charge in [0.15, 0.2) is 0 Å². The van der Waals surface area contributed by atoms with Crippen molar-refractivity contribution in [1.82, 2.24) is 14.6 Å². The SMILES string of the molecule is CC(C)NS(=O)(=O)CCc1ccc2[nH]cc(CCN(C)C)c2c1. The number of H-pyrrole nitrogens is 1. The predicted molar refractivity (Wildman–Crippen MR) is 96.3 cm³/mol. The number of aromatic nitrogens is 1. The minimum Gasteiger partial charge on any atom is -0.361 e. The van der Waals surface area contributed by atoms with Gasteiger partial charge in [-0.25, -0.2) is 13.1 Å². The molecule has 1 aromatic heterocycles. The molecule has 0 fully saturated rings. The Morgan fingerprint density at radius 1 is 1.22 bits per heavy atom. The van der Waals surface area contributed by atoms with Crippen molar-refractivity contribution in [3.63, 3.8) is 0 Å². The Morgan fingerprint density at radius 3 is 2.61 bits per heavy atom. The van der Waals surface area contributed by atoms with E-state index in [1.165, 1.54) is 10.9 Å². The number of hydrogen-bond acceptors (Lipinski definition) is 3. The van der Waals surface area contributed by atoms with E-state index in [0.29, 0.717) is 6.42 Å². The highest BCUT2D eigenvalue weighted by Crippen LogP contribution is 2.21. The quantitative estimate of drug-likeness (QED) is 0.776. The second-order valence-corrected chi connectivity index (χ2v) is 8.46. The van der Waals surface area contributed by atoms with Crippen molar-refractivity contribution in [3.05, 3.63) is 35.5 Å². The first-order valence-corrected chi connectivity index (χ1v) is 9.65. The van der Waals surface area contributed by atoms with Crippen LogP contribution in [0.1, 0.15) is 25.0 Å². The van der Waals surface area contributed by atoms with Crippen LogP contribution in [0.15, 0.2) is 24.4 Å². The lowest BCUT2D eigenvalue weighted by Crippen LogP contribution is -2.32. The molecule has 0 atom stereocenters. The van der Waals surface area contributed by atoms with E-state index in [9.17, 15) is 8.42 Å². The van der Waals surface area contributed by atoms with Crippen LogP contribution in [0.3, 0.4) is 0 Å². The summed E-state index contributed by atoms with van der Waals surface area (Å²) in [6, 6.07) is 6.08. The minimum atomic E-state index is -3.21. The first-order valence-electron chi connectivity index (χ1n) is 8.00. The second-order valence-electron chi connectivity index (χ2n) is 6.59. The average molecular weight is 337 g/mol. The average Bonchev–Trinajstić information content (AvgIpc) is 2.84. The number of hydrogen-bond donors (Lipinski definition) is 2. The van der Waals surface area contributed by atoms with Crippen LogP contribution in [-0.2, 0) is 22.9 Å². The van der Waals surface area contributed by atoms with E-state index < -0.39 is 10.0 Å². The number of likely N-dealkylation sites (N-methyl/N-ethyl adjacent to an activating group) is 1. The van der Waals surface area contributed by atoms with Gasteiger partial charge in [0.1, 0.15) is 0 Å². The smallest absolute Gasteiger partial charge is 0.212 e. The van der Waals surface area contributed by atoms with Crippen molar-refractivity contribution < 1.29 is 8.42 Å². The van der Waals surface area contributed by atoms with Crippen LogP contribution in [0.25, 0.3) is 10.9 Å². The van der Waals surface area contributed by atoms with E-state index in [2.05, 4.69) is 41.0 Å². The largest absolute Gasteiger partial charge is 0.361 e. The molecule has 23 heavy (non-hydrogen) atoms. The molecule has 0 aliphatic rings. The topological polar surface area (TPSA) is 65.2 Å². The fourth-order valence-corrected chi connectivity index (χ4v) is 3.94. The van der Waals surface area contributed by atoms with Crippen molar-refractivity contribution in [1.29, 1.82) is 0 Å². The lowest BCUT2D eigenvalue weighted by molar-refractivity contribution is 0.414. The highest BCUT2D eigenvalue weighted by molar-refractivity contribution is 7.89.